The molecule has 0 aromatic heterocycles. The molecule has 0 unspecified atom stereocenters. The second kappa shape index (κ2) is 9.69. The third-order valence-corrected chi connectivity index (χ3v) is 4.34. The van der Waals surface area contributed by atoms with Crippen molar-refractivity contribution in [3.63, 3.8) is 0 Å². The molecule has 0 atom stereocenters. The van der Waals surface area contributed by atoms with Crippen LogP contribution in [0.15, 0.2) is 48.5 Å². The predicted molar refractivity (Wildman–Crippen MR) is 113 cm³/mol. The van der Waals surface area contributed by atoms with Crippen LogP contribution in [0.4, 0.5) is 17.1 Å². The topological polar surface area (TPSA) is 69.7 Å². The molecule has 0 aliphatic carbocycles. The van der Waals surface area contributed by atoms with E-state index < -0.39 is 0 Å². The van der Waals surface area contributed by atoms with Crippen molar-refractivity contribution < 1.29 is 14.4 Å². The number of rotatable bonds is 7. The van der Waals surface area contributed by atoms with Gasteiger partial charge in [-0.05, 0) is 49.7 Å². The molecule has 28 heavy (non-hydrogen) atoms. The Hall–Kier alpha value is -3.15. The molecule has 0 fully saturated rings. The number of anilines is 3. The zero-order valence-corrected chi connectivity index (χ0v) is 16.9. The van der Waals surface area contributed by atoms with Crippen LogP contribution < -0.4 is 15.1 Å². The third-order valence-electron chi connectivity index (χ3n) is 4.34. The van der Waals surface area contributed by atoms with Gasteiger partial charge in [-0.1, -0.05) is 18.2 Å². The standard InChI is InChI=1S/C22H27N3O3/c1-5-24(20-10-6-8-16(2)14-20)22(28)12-13-25(18(4)27)21-11-7-9-19(15-21)23-17(3)26/h6-11,14-15H,5,12-13H2,1-4H3,(H,23,26). The summed E-state index contributed by atoms with van der Waals surface area (Å²) >= 11 is 0. The van der Waals surface area contributed by atoms with Crippen molar-refractivity contribution in [2.75, 3.05) is 28.2 Å². The van der Waals surface area contributed by atoms with Crippen LogP contribution in [0.5, 0.6) is 0 Å². The Bertz CT molecular complexity index is 864. The van der Waals surface area contributed by atoms with Crippen molar-refractivity contribution >= 4 is 34.8 Å². The quantitative estimate of drug-likeness (QED) is 0.794. The van der Waals surface area contributed by atoms with E-state index in [1.165, 1.54) is 13.8 Å². The second-order valence-corrected chi connectivity index (χ2v) is 6.63. The summed E-state index contributed by atoms with van der Waals surface area (Å²) in [6.45, 7) is 7.63. The largest absolute Gasteiger partial charge is 0.326 e. The molecule has 0 heterocycles. The summed E-state index contributed by atoms with van der Waals surface area (Å²) < 4.78 is 0. The lowest BCUT2D eigenvalue weighted by Gasteiger charge is -2.25. The Kier molecular flexibility index (Phi) is 7.32. The van der Waals surface area contributed by atoms with E-state index in [1.54, 1.807) is 34.1 Å². The van der Waals surface area contributed by atoms with E-state index in [4.69, 9.17) is 0 Å². The maximum Gasteiger partial charge on any atom is 0.228 e. The molecule has 6 nitrogen and oxygen atoms in total. The van der Waals surface area contributed by atoms with Crippen molar-refractivity contribution in [3.05, 3.63) is 54.1 Å². The van der Waals surface area contributed by atoms with Gasteiger partial charge in [0, 0.05) is 50.4 Å². The normalized spacial score (nSPS) is 10.3. The van der Waals surface area contributed by atoms with Crippen LogP contribution in [0.1, 0.15) is 32.8 Å². The number of nitrogens with one attached hydrogen (secondary N) is 1. The molecular formula is C22H27N3O3. The summed E-state index contributed by atoms with van der Waals surface area (Å²) in [6.07, 6.45) is 0.200. The van der Waals surface area contributed by atoms with E-state index in [9.17, 15) is 14.4 Å². The van der Waals surface area contributed by atoms with Gasteiger partial charge in [-0.25, -0.2) is 0 Å². The molecular weight excluding hydrogens is 354 g/mol. The molecule has 148 valence electrons. The molecule has 0 saturated heterocycles. The van der Waals surface area contributed by atoms with Crippen molar-refractivity contribution in [2.24, 2.45) is 0 Å². The SMILES string of the molecule is CCN(C(=O)CCN(C(C)=O)c1cccc(NC(C)=O)c1)c1cccc(C)c1. The minimum absolute atomic E-state index is 0.0441. The zero-order chi connectivity index (χ0) is 20.7. The number of hydrogen-bond acceptors (Lipinski definition) is 3. The van der Waals surface area contributed by atoms with Crippen LogP contribution in [0.25, 0.3) is 0 Å². The lowest BCUT2D eigenvalue weighted by atomic mass is 10.2. The average Bonchev–Trinajstić information content (AvgIpc) is 2.62. The van der Waals surface area contributed by atoms with E-state index in [0.29, 0.717) is 17.9 Å². The zero-order valence-electron chi connectivity index (χ0n) is 16.9. The van der Waals surface area contributed by atoms with Gasteiger partial charge >= 0.3 is 0 Å². The first-order valence-corrected chi connectivity index (χ1v) is 9.34. The van der Waals surface area contributed by atoms with Gasteiger partial charge in [-0.2, -0.15) is 0 Å². The van der Waals surface area contributed by atoms with Gasteiger partial charge in [0.15, 0.2) is 0 Å². The number of benzene rings is 2. The molecule has 1 N–H and O–H groups in total. The molecule has 0 spiro atoms. The molecule has 0 bridgehead atoms. The summed E-state index contributed by atoms with van der Waals surface area (Å²) in [7, 11) is 0. The van der Waals surface area contributed by atoms with Crippen molar-refractivity contribution in [2.45, 2.75) is 34.1 Å². The molecule has 2 rings (SSSR count). The van der Waals surface area contributed by atoms with Crippen LogP contribution in [0, 0.1) is 6.92 Å². The molecule has 2 aromatic rings. The van der Waals surface area contributed by atoms with Gasteiger partial charge in [0.25, 0.3) is 0 Å². The van der Waals surface area contributed by atoms with Crippen LogP contribution in [-0.4, -0.2) is 30.8 Å². The van der Waals surface area contributed by atoms with Crippen molar-refractivity contribution in [1.82, 2.24) is 0 Å². The van der Waals surface area contributed by atoms with Gasteiger partial charge in [0.2, 0.25) is 17.7 Å². The maximum absolute atomic E-state index is 12.8. The van der Waals surface area contributed by atoms with E-state index in [0.717, 1.165) is 11.3 Å². The number of carbonyl (C=O) groups is 3. The summed E-state index contributed by atoms with van der Waals surface area (Å²) in [6, 6.07) is 14.8. The lowest BCUT2D eigenvalue weighted by Crippen LogP contribution is -2.36. The predicted octanol–water partition coefficient (Wildman–Crippen LogP) is 3.75. The Morgan fingerprint density at radius 1 is 0.929 bits per heavy atom. The highest BCUT2D eigenvalue weighted by Crippen LogP contribution is 2.21. The molecule has 3 amide bonds. The van der Waals surface area contributed by atoms with Crippen molar-refractivity contribution in [3.8, 4) is 0 Å². The molecule has 6 heteroatoms. The minimum atomic E-state index is -0.182. The van der Waals surface area contributed by atoms with E-state index >= 15 is 0 Å². The fourth-order valence-electron chi connectivity index (χ4n) is 3.06. The van der Waals surface area contributed by atoms with E-state index in [-0.39, 0.29) is 30.7 Å². The average molecular weight is 381 g/mol. The highest BCUT2D eigenvalue weighted by molar-refractivity contribution is 5.97. The van der Waals surface area contributed by atoms with Crippen LogP contribution in [0.3, 0.4) is 0 Å². The Balaban J connectivity index is 2.13. The van der Waals surface area contributed by atoms with Gasteiger partial charge in [0.1, 0.15) is 0 Å². The van der Waals surface area contributed by atoms with Gasteiger partial charge in [0.05, 0.1) is 0 Å². The summed E-state index contributed by atoms with van der Waals surface area (Å²) in [5, 5.41) is 2.71. The lowest BCUT2D eigenvalue weighted by molar-refractivity contribution is -0.119. The van der Waals surface area contributed by atoms with Gasteiger partial charge in [-0.15, -0.1) is 0 Å². The Labute approximate surface area is 166 Å². The van der Waals surface area contributed by atoms with Gasteiger partial charge in [-0.3, -0.25) is 14.4 Å². The monoisotopic (exact) mass is 381 g/mol. The second-order valence-electron chi connectivity index (χ2n) is 6.63. The smallest absolute Gasteiger partial charge is 0.228 e. The maximum atomic E-state index is 12.8. The van der Waals surface area contributed by atoms with E-state index in [2.05, 4.69) is 5.32 Å². The first-order chi connectivity index (χ1) is 13.3. The highest BCUT2D eigenvalue weighted by atomic mass is 16.2. The van der Waals surface area contributed by atoms with Crippen LogP contribution in [0.2, 0.25) is 0 Å². The first kappa shape index (κ1) is 21.2. The fourth-order valence-corrected chi connectivity index (χ4v) is 3.06. The Morgan fingerprint density at radius 3 is 2.14 bits per heavy atom. The van der Waals surface area contributed by atoms with Crippen LogP contribution in [-0.2, 0) is 14.4 Å². The van der Waals surface area contributed by atoms with Crippen molar-refractivity contribution in [1.29, 1.82) is 0 Å². The molecule has 2 aromatic carbocycles. The molecule has 0 aliphatic rings. The summed E-state index contributed by atoms with van der Waals surface area (Å²) in [5.74, 6) is -0.387. The summed E-state index contributed by atoms with van der Waals surface area (Å²) in [4.78, 5) is 39.5. The first-order valence-electron chi connectivity index (χ1n) is 9.34. The summed E-state index contributed by atoms with van der Waals surface area (Å²) in [5.41, 5.74) is 3.20. The molecule has 0 radical (unpaired) electrons. The van der Waals surface area contributed by atoms with Crippen LogP contribution >= 0.6 is 0 Å². The molecule has 0 aliphatic heterocycles. The highest BCUT2D eigenvalue weighted by Gasteiger charge is 2.18. The Morgan fingerprint density at radius 2 is 1.57 bits per heavy atom. The number of carbonyl (C=O) groups excluding carboxylic acids is 3. The number of amides is 3. The number of nitrogens with zero attached hydrogens (tertiary/aromatic N) is 2. The number of aryl methyl sites for hydroxylation is 1. The molecule has 0 saturated carbocycles. The minimum Gasteiger partial charge on any atom is -0.326 e. The number of hydrogen-bond donors (Lipinski definition) is 1. The van der Waals surface area contributed by atoms with E-state index in [1.807, 2.05) is 38.1 Å². The fraction of sp³-hybridized carbons (Fsp3) is 0.318. The third kappa shape index (κ3) is 5.67. The van der Waals surface area contributed by atoms with Gasteiger partial charge < -0.3 is 15.1 Å².